The second-order valence-corrected chi connectivity index (χ2v) is 6.34. The largest absolute Gasteiger partial charge is 0.384 e. The molecular formula is C14H23N3OS. The van der Waals surface area contributed by atoms with Gasteiger partial charge in [0.15, 0.2) is 5.96 Å². The summed E-state index contributed by atoms with van der Waals surface area (Å²) in [5.41, 5.74) is 0. The molecule has 0 amide bonds. The van der Waals surface area contributed by atoms with E-state index in [0.717, 1.165) is 32.2 Å². The minimum atomic E-state index is 0.632. The standard InChI is InChI=1S/C14H23N3OS/c1-11-4-5-13(19-11)8-16-14(15-2)17-7-6-12(9-17)10-18-3/h4-5,12H,6-10H2,1-3H3,(H,15,16). The van der Waals surface area contributed by atoms with Crippen molar-refractivity contribution in [2.24, 2.45) is 10.9 Å². The lowest BCUT2D eigenvalue weighted by molar-refractivity contribution is 0.157. The summed E-state index contributed by atoms with van der Waals surface area (Å²) in [6.45, 7) is 5.95. The Balaban J connectivity index is 1.84. The van der Waals surface area contributed by atoms with Crippen LogP contribution in [0.3, 0.4) is 0 Å². The van der Waals surface area contributed by atoms with E-state index < -0.39 is 0 Å². The predicted molar refractivity (Wildman–Crippen MR) is 80.8 cm³/mol. The number of ether oxygens (including phenoxy) is 1. The fraction of sp³-hybridized carbons (Fsp3) is 0.643. The topological polar surface area (TPSA) is 36.9 Å². The number of guanidine groups is 1. The second kappa shape index (κ2) is 6.91. The molecule has 5 heteroatoms. The summed E-state index contributed by atoms with van der Waals surface area (Å²) in [6, 6.07) is 4.34. The van der Waals surface area contributed by atoms with Crippen LogP contribution in [-0.4, -0.2) is 44.7 Å². The Morgan fingerprint density at radius 1 is 1.58 bits per heavy atom. The van der Waals surface area contributed by atoms with Gasteiger partial charge in [0, 0.05) is 42.9 Å². The first kappa shape index (κ1) is 14.3. The van der Waals surface area contributed by atoms with Crippen molar-refractivity contribution in [3.05, 3.63) is 21.9 Å². The zero-order valence-corrected chi connectivity index (χ0v) is 12.8. The van der Waals surface area contributed by atoms with Gasteiger partial charge in [-0.3, -0.25) is 4.99 Å². The van der Waals surface area contributed by atoms with Crippen LogP contribution in [0, 0.1) is 12.8 Å². The zero-order valence-electron chi connectivity index (χ0n) is 12.0. The molecule has 0 radical (unpaired) electrons. The smallest absolute Gasteiger partial charge is 0.193 e. The Hall–Kier alpha value is -1.07. The molecule has 1 fully saturated rings. The van der Waals surface area contributed by atoms with Crippen molar-refractivity contribution in [3.63, 3.8) is 0 Å². The van der Waals surface area contributed by atoms with E-state index in [0.29, 0.717) is 5.92 Å². The fourth-order valence-corrected chi connectivity index (χ4v) is 3.31. The number of aliphatic imine (C=N–C) groups is 1. The van der Waals surface area contributed by atoms with Crippen LogP contribution < -0.4 is 5.32 Å². The molecule has 0 aromatic carbocycles. The Kier molecular flexibility index (Phi) is 5.22. The summed E-state index contributed by atoms with van der Waals surface area (Å²) >= 11 is 1.84. The summed E-state index contributed by atoms with van der Waals surface area (Å²) in [5, 5.41) is 3.45. The number of nitrogens with zero attached hydrogens (tertiary/aromatic N) is 2. The van der Waals surface area contributed by atoms with E-state index in [1.54, 1.807) is 7.11 Å². The average Bonchev–Trinajstić information content (AvgIpc) is 3.01. The normalized spacial score (nSPS) is 20.1. The number of rotatable bonds is 4. The van der Waals surface area contributed by atoms with Crippen LogP contribution >= 0.6 is 11.3 Å². The van der Waals surface area contributed by atoms with Gasteiger partial charge >= 0.3 is 0 Å². The van der Waals surface area contributed by atoms with E-state index in [1.165, 1.54) is 16.2 Å². The van der Waals surface area contributed by atoms with Gasteiger partial charge in [0.05, 0.1) is 13.2 Å². The van der Waals surface area contributed by atoms with Gasteiger partial charge in [-0.1, -0.05) is 0 Å². The minimum Gasteiger partial charge on any atom is -0.384 e. The van der Waals surface area contributed by atoms with Gasteiger partial charge in [-0.05, 0) is 25.5 Å². The predicted octanol–water partition coefficient (Wildman–Crippen LogP) is 2.10. The SMILES string of the molecule is CN=C(NCc1ccc(C)s1)N1CCC(COC)C1. The summed E-state index contributed by atoms with van der Waals surface area (Å²) in [4.78, 5) is 9.41. The van der Waals surface area contributed by atoms with E-state index in [-0.39, 0.29) is 0 Å². The van der Waals surface area contributed by atoms with Crippen LogP contribution in [0.25, 0.3) is 0 Å². The number of likely N-dealkylation sites (tertiary alicyclic amines) is 1. The van der Waals surface area contributed by atoms with E-state index >= 15 is 0 Å². The zero-order chi connectivity index (χ0) is 13.7. The van der Waals surface area contributed by atoms with Crippen LogP contribution in [0.4, 0.5) is 0 Å². The number of nitrogens with one attached hydrogen (secondary N) is 1. The molecule has 0 bridgehead atoms. The molecule has 1 aliphatic heterocycles. The third-order valence-electron chi connectivity index (χ3n) is 3.42. The molecule has 1 N–H and O–H groups in total. The van der Waals surface area contributed by atoms with Gasteiger partial charge in [-0.15, -0.1) is 11.3 Å². The highest BCUT2D eigenvalue weighted by Gasteiger charge is 2.24. The van der Waals surface area contributed by atoms with Crippen molar-refractivity contribution in [3.8, 4) is 0 Å². The monoisotopic (exact) mass is 281 g/mol. The molecule has 2 heterocycles. The van der Waals surface area contributed by atoms with Crippen LogP contribution in [0.5, 0.6) is 0 Å². The van der Waals surface area contributed by atoms with Gasteiger partial charge < -0.3 is 15.0 Å². The molecular weight excluding hydrogens is 258 g/mol. The van der Waals surface area contributed by atoms with Crippen LogP contribution in [-0.2, 0) is 11.3 Å². The summed E-state index contributed by atoms with van der Waals surface area (Å²) < 4.78 is 5.23. The quantitative estimate of drug-likeness (QED) is 0.678. The van der Waals surface area contributed by atoms with E-state index in [9.17, 15) is 0 Å². The third-order valence-corrected chi connectivity index (χ3v) is 4.42. The average molecular weight is 281 g/mol. The molecule has 1 aromatic heterocycles. The maximum Gasteiger partial charge on any atom is 0.193 e. The van der Waals surface area contributed by atoms with Crippen molar-refractivity contribution < 1.29 is 4.74 Å². The number of hydrogen-bond acceptors (Lipinski definition) is 3. The van der Waals surface area contributed by atoms with Gasteiger partial charge in [0.1, 0.15) is 0 Å². The lowest BCUT2D eigenvalue weighted by atomic mass is 10.1. The third kappa shape index (κ3) is 3.94. The highest BCUT2D eigenvalue weighted by molar-refractivity contribution is 7.11. The molecule has 19 heavy (non-hydrogen) atoms. The molecule has 0 aliphatic carbocycles. The minimum absolute atomic E-state index is 0.632. The molecule has 1 aromatic rings. The molecule has 0 saturated carbocycles. The summed E-state index contributed by atoms with van der Waals surface area (Å²) in [5.74, 6) is 1.64. The number of hydrogen-bond donors (Lipinski definition) is 1. The van der Waals surface area contributed by atoms with Crippen molar-refractivity contribution >= 4 is 17.3 Å². The van der Waals surface area contributed by atoms with Gasteiger partial charge in [0.2, 0.25) is 0 Å². The van der Waals surface area contributed by atoms with Crippen molar-refractivity contribution in [1.29, 1.82) is 0 Å². The lowest BCUT2D eigenvalue weighted by Crippen LogP contribution is -2.39. The van der Waals surface area contributed by atoms with Crippen molar-refractivity contribution in [2.75, 3.05) is 33.9 Å². The highest BCUT2D eigenvalue weighted by atomic mass is 32.1. The van der Waals surface area contributed by atoms with Crippen LogP contribution in [0.1, 0.15) is 16.2 Å². The first-order valence-electron chi connectivity index (χ1n) is 6.72. The Labute approximate surface area is 119 Å². The Morgan fingerprint density at radius 2 is 2.42 bits per heavy atom. The van der Waals surface area contributed by atoms with Crippen LogP contribution in [0.15, 0.2) is 17.1 Å². The van der Waals surface area contributed by atoms with Gasteiger partial charge in [-0.25, -0.2) is 0 Å². The Morgan fingerprint density at radius 3 is 3.05 bits per heavy atom. The van der Waals surface area contributed by atoms with Gasteiger partial charge in [0.25, 0.3) is 0 Å². The molecule has 106 valence electrons. The molecule has 4 nitrogen and oxygen atoms in total. The molecule has 1 aliphatic rings. The maximum atomic E-state index is 5.23. The van der Waals surface area contributed by atoms with E-state index in [4.69, 9.17) is 4.74 Å². The van der Waals surface area contributed by atoms with Crippen LogP contribution in [0.2, 0.25) is 0 Å². The van der Waals surface area contributed by atoms with Gasteiger partial charge in [-0.2, -0.15) is 0 Å². The Bertz CT molecular complexity index is 430. The lowest BCUT2D eigenvalue weighted by Gasteiger charge is -2.21. The van der Waals surface area contributed by atoms with E-state index in [2.05, 4.69) is 34.3 Å². The molecule has 1 atom stereocenters. The fourth-order valence-electron chi connectivity index (χ4n) is 2.48. The molecule has 0 spiro atoms. The van der Waals surface area contributed by atoms with Crippen molar-refractivity contribution in [1.82, 2.24) is 10.2 Å². The number of methoxy groups -OCH3 is 1. The van der Waals surface area contributed by atoms with E-state index in [1.807, 2.05) is 18.4 Å². The number of thiophene rings is 1. The first-order valence-corrected chi connectivity index (χ1v) is 7.54. The molecule has 2 rings (SSSR count). The summed E-state index contributed by atoms with van der Waals surface area (Å²) in [6.07, 6.45) is 1.19. The first-order chi connectivity index (χ1) is 9.22. The summed E-state index contributed by atoms with van der Waals surface area (Å²) in [7, 11) is 3.63. The van der Waals surface area contributed by atoms with Crippen molar-refractivity contribution in [2.45, 2.75) is 19.9 Å². The molecule has 1 unspecified atom stereocenters. The second-order valence-electron chi connectivity index (χ2n) is 4.97. The number of aryl methyl sites for hydroxylation is 1. The molecule has 1 saturated heterocycles. The maximum absolute atomic E-state index is 5.23. The highest BCUT2D eigenvalue weighted by Crippen LogP contribution is 2.17.